The van der Waals surface area contributed by atoms with Gasteiger partial charge in [-0.2, -0.15) is 0 Å². The van der Waals surface area contributed by atoms with E-state index in [0.29, 0.717) is 11.3 Å². The summed E-state index contributed by atoms with van der Waals surface area (Å²) in [6.07, 6.45) is 2.27. The second kappa shape index (κ2) is 17.2. The van der Waals surface area contributed by atoms with Gasteiger partial charge in [0.25, 0.3) is 0 Å². The number of methoxy groups -OCH3 is 1. The molecule has 0 bridgehead atoms. The number of hydrogen-bond acceptors (Lipinski definition) is 8. The van der Waals surface area contributed by atoms with Crippen LogP contribution >= 0.6 is 0 Å². The van der Waals surface area contributed by atoms with E-state index in [1.54, 1.807) is 56.9 Å². The summed E-state index contributed by atoms with van der Waals surface area (Å²) < 4.78 is 16.4. The van der Waals surface area contributed by atoms with Gasteiger partial charge in [-0.15, -0.1) is 0 Å². The van der Waals surface area contributed by atoms with Crippen LogP contribution in [0.25, 0.3) is 0 Å². The van der Waals surface area contributed by atoms with Crippen molar-refractivity contribution in [2.45, 2.75) is 117 Å². The van der Waals surface area contributed by atoms with Crippen LogP contribution < -0.4 is 15.4 Å². The number of carbonyl (C=O) groups excluding carboxylic acids is 5. The molecule has 4 unspecified atom stereocenters. The third-order valence-electron chi connectivity index (χ3n) is 10.4. The number of benzene rings is 3. The molecule has 300 valence electrons. The smallest absolute Gasteiger partial charge is 0.410 e. The summed E-state index contributed by atoms with van der Waals surface area (Å²) in [4.78, 5) is 70.4. The van der Waals surface area contributed by atoms with E-state index in [2.05, 4.69) is 16.7 Å². The minimum Gasteiger partial charge on any atom is -0.489 e. The van der Waals surface area contributed by atoms with Gasteiger partial charge in [0, 0.05) is 20.0 Å². The van der Waals surface area contributed by atoms with Gasteiger partial charge in [-0.3, -0.25) is 19.3 Å². The maximum Gasteiger partial charge on any atom is 0.410 e. The Kier molecular flexibility index (Phi) is 12.8. The van der Waals surface area contributed by atoms with Gasteiger partial charge in [0.2, 0.25) is 17.7 Å². The van der Waals surface area contributed by atoms with Crippen LogP contribution in [0.1, 0.15) is 106 Å². The topological polar surface area (TPSA) is 144 Å². The third kappa shape index (κ3) is 10.1. The number of aryl methyl sites for hydroxylation is 1. The first-order valence-electron chi connectivity index (χ1n) is 19.2. The Morgan fingerprint density at radius 3 is 2.27 bits per heavy atom. The molecule has 4 atom stereocenters. The van der Waals surface area contributed by atoms with Crippen molar-refractivity contribution in [2.24, 2.45) is 5.41 Å². The predicted molar refractivity (Wildman–Crippen MR) is 212 cm³/mol. The molecule has 3 aromatic carbocycles. The van der Waals surface area contributed by atoms with E-state index in [0.717, 1.165) is 41.5 Å². The average Bonchev–Trinajstić information content (AvgIpc) is 3.16. The highest BCUT2D eigenvalue weighted by Crippen LogP contribution is 2.33. The van der Waals surface area contributed by atoms with Crippen LogP contribution in [-0.4, -0.2) is 77.5 Å². The molecular formula is C44H56N4O8. The molecule has 0 radical (unpaired) electrons. The lowest BCUT2D eigenvalue weighted by molar-refractivity contribution is -0.147. The largest absolute Gasteiger partial charge is 0.489 e. The van der Waals surface area contributed by atoms with Gasteiger partial charge in [-0.1, -0.05) is 63.2 Å². The molecule has 1 heterocycles. The summed E-state index contributed by atoms with van der Waals surface area (Å²) in [6.45, 7) is 12.7. The molecule has 5 rings (SSSR count). The maximum absolute atomic E-state index is 14.9. The van der Waals surface area contributed by atoms with Gasteiger partial charge < -0.3 is 29.7 Å². The zero-order valence-corrected chi connectivity index (χ0v) is 34.1. The summed E-state index contributed by atoms with van der Waals surface area (Å²) in [7, 11) is 2.82. The molecule has 0 aromatic heterocycles. The highest BCUT2D eigenvalue weighted by Gasteiger charge is 2.43. The van der Waals surface area contributed by atoms with Crippen LogP contribution in [0.2, 0.25) is 0 Å². The highest BCUT2D eigenvalue weighted by molar-refractivity contribution is 5.95. The molecule has 1 aliphatic carbocycles. The first-order chi connectivity index (χ1) is 26.4. The van der Waals surface area contributed by atoms with Gasteiger partial charge in [-0.05, 0) is 104 Å². The van der Waals surface area contributed by atoms with Gasteiger partial charge >= 0.3 is 12.1 Å². The van der Waals surface area contributed by atoms with Crippen LogP contribution in [0.3, 0.4) is 0 Å². The van der Waals surface area contributed by atoms with E-state index < -0.39 is 53.0 Å². The Morgan fingerprint density at radius 2 is 1.61 bits per heavy atom. The van der Waals surface area contributed by atoms with Crippen molar-refractivity contribution in [1.29, 1.82) is 0 Å². The standard InChI is InChI=1S/C44H56N4O8/c1-27(47(8)42(53)56-44(5,6)7)38(49)46-37(43(2,3)4)40(51)48-25-32-23-33(55-26-28-17-19-30(20-18-28)41(52)54-9)22-21-31(32)24-36(48)39(50)45-35-16-12-14-29-13-10-11-15-34(29)35/h10-11,13,15,17-23,27,35-37H,12,14,16,24-26H2,1-9H3,(H,45,50)(H,46,49). The minimum atomic E-state index is -1.04. The van der Waals surface area contributed by atoms with Crippen molar-refractivity contribution in [3.63, 3.8) is 0 Å². The molecule has 0 saturated carbocycles. The van der Waals surface area contributed by atoms with Crippen molar-refractivity contribution < 1.29 is 38.2 Å². The average molecular weight is 769 g/mol. The Labute approximate surface area is 330 Å². The van der Waals surface area contributed by atoms with Crippen molar-refractivity contribution in [1.82, 2.24) is 20.4 Å². The van der Waals surface area contributed by atoms with Gasteiger partial charge in [0.05, 0.1) is 18.7 Å². The number of nitrogens with one attached hydrogen (secondary N) is 2. The molecule has 0 fully saturated rings. The quantitative estimate of drug-likeness (QED) is 0.230. The zero-order valence-electron chi connectivity index (χ0n) is 34.1. The summed E-state index contributed by atoms with van der Waals surface area (Å²) in [5.74, 6) is -1.05. The number of likely N-dealkylation sites (N-methyl/N-ethyl adjacent to an activating group) is 1. The molecule has 0 spiro atoms. The van der Waals surface area contributed by atoms with Crippen LogP contribution in [0, 0.1) is 5.41 Å². The predicted octanol–water partition coefficient (Wildman–Crippen LogP) is 6.29. The number of ether oxygens (including phenoxy) is 3. The number of nitrogens with zero attached hydrogens (tertiary/aromatic N) is 2. The Hall–Kier alpha value is -5.39. The van der Waals surface area contributed by atoms with E-state index in [1.807, 2.05) is 57.2 Å². The second-order valence-electron chi connectivity index (χ2n) is 16.8. The van der Waals surface area contributed by atoms with E-state index >= 15 is 0 Å². The lowest BCUT2D eigenvalue weighted by Crippen LogP contribution is -2.62. The summed E-state index contributed by atoms with van der Waals surface area (Å²) in [5, 5.41) is 6.21. The van der Waals surface area contributed by atoms with Crippen LogP contribution in [-0.2, 0) is 49.9 Å². The number of amides is 4. The second-order valence-corrected chi connectivity index (χ2v) is 16.8. The fourth-order valence-electron chi connectivity index (χ4n) is 7.05. The molecular weight excluding hydrogens is 713 g/mol. The maximum atomic E-state index is 14.9. The summed E-state index contributed by atoms with van der Waals surface area (Å²) in [5.41, 5.74) is 3.80. The van der Waals surface area contributed by atoms with E-state index in [1.165, 1.54) is 24.6 Å². The highest BCUT2D eigenvalue weighted by atomic mass is 16.6. The van der Waals surface area contributed by atoms with Gasteiger partial charge in [-0.25, -0.2) is 9.59 Å². The number of fused-ring (bicyclic) bond motifs is 2. The lowest BCUT2D eigenvalue weighted by Gasteiger charge is -2.42. The minimum absolute atomic E-state index is 0.106. The van der Waals surface area contributed by atoms with Gasteiger partial charge in [0.15, 0.2) is 0 Å². The van der Waals surface area contributed by atoms with Crippen LogP contribution in [0.4, 0.5) is 4.79 Å². The molecule has 12 nitrogen and oxygen atoms in total. The van der Waals surface area contributed by atoms with Crippen LogP contribution in [0.15, 0.2) is 66.7 Å². The number of esters is 1. The number of rotatable bonds is 10. The zero-order chi connectivity index (χ0) is 40.9. The Balaban J connectivity index is 1.41. The third-order valence-corrected chi connectivity index (χ3v) is 10.4. The molecule has 0 saturated heterocycles. The molecule has 3 aromatic rings. The number of carbonyl (C=O) groups is 5. The molecule has 12 heteroatoms. The van der Waals surface area contributed by atoms with Gasteiger partial charge in [0.1, 0.15) is 36.1 Å². The van der Waals surface area contributed by atoms with E-state index in [4.69, 9.17) is 14.2 Å². The first kappa shape index (κ1) is 41.8. The molecule has 4 amide bonds. The van der Waals surface area contributed by atoms with Crippen molar-refractivity contribution in [3.8, 4) is 5.75 Å². The van der Waals surface area contributed by atoms with E-state index in [9.17, 15) is 24.0 Å². The lowest BCUT2D eigenvalue weighted by atomic mass is 9.83. The SMILES string of the molecule is COC(=O)c1ccc(COc2ccc3c(c2)CN(C(=O)C(NC(=O)C(C)N(C)C(=O)OC(C)(C)C)C(C)(C)C)C(C(=O)NC2CCCc4ccccc42)C3)cc1. The monoisotopic (exact) mass is 768 g/mol. The van der Waals surface area contributed by atoms with Crippen LogP contribution in [0.5, 0.6) is 5.75 Å². The first-order valence-corrected chi connectivity index (χ1v) is 19.2. The van der Waals surface area contributed by atoms with Crippen molar-refractivity contribution >= 4 is 29.8 Å². The molecule has 2 aliphatic rings. The molecule has 2 N–H and O–H groups in total. The fourth-order valence-corrected chi connectivity index (χ4v) is 7.05. The van der Waals surface area contributed by atoms with E-state index in [-0.39, 0.29) is 31.5 Å². The van der Waals surface area contributed by atoms with Crippen molar-refractivity contribution in [2.75, 3.05) is 14.2 Å². The normalized spacial score (nSPS) is 17.6. The Morgan fingerprint density at radius 1 is 0.911 bits per heavy atom. The Bertz CT molecular complexity index is 1930. The molecule has 56 heavy (non-hydrogen) atoms. The van der Waals surface area contributed by atoms with Crippen molar-refractivity contribution in [3.05, 3.63) is 100 Å². The fraction of sp³-hybridized carbons (Fsp3) is 0.477. The summed E-state index contributed by atoms with van der Waals surface area (Å²) >= 11 is 0. The summed E-state index contributed by atoms with van der Waals surface area (Å²) in [6, 6.07) is 17.7. The number of hydrogen-bond donors (Lipinski definition) is 2. The molecule has 1 aliphatic heterocycles.